The fraction of sp³-hybridized carbons (Fsp3) is 0.286. The highest BCUT2D eigenvalue weighted by atomic mass is 32.1. The van der Waals surface area contributed by atoms with Crippen molar-refractivity contribution in [3.8, 4) is 0 Å². The Hall–Kier alpha value is -1.26. The molecular weight excluding hydrogens is 252 g/mol. The van der Waals surface area contributed by atoms with Crippen molar-refractivity contribution in [1.29, 1.82) is 0 Å². The average Bonchev–Trinajstić information content (AvgIpc) is 2.78. The van der Waals surface area contributed by atoms with Gasteiger partial charge in [0.25, 0.3) is 0 Å². The van der Waals surface area contributed by atoms with E-state index >= 15 is 0 Å². The first-order valence-electron chi connectivity index (χ1n) is 5.78. The summed E-state index contributed by atoms with van der Waals surface area (Å²) in [6.45, 7) is 2.03. The molecule has 1 atom stereocenters. The Morgan fingerprint density at radius 2 is 2.00 bits per heavy atom. The molecule has 2 aromatic rings. The van der Waals surface area contributed by atoms with Crippen LogP contribution in [0.5, 0.6) is 0 Å². The van der Waals surface area contributed by atoms with Gasteiger partial charge in [-0.2, -0.15) is 0 Å². The van der Waals surface area contributed by atoms with E-state index in [0.29, 0.717) is 12.0 Å². The van der Waals surface area contributed by atoms with Gasteiger partial charge in [-0.25, -0.2) is 8.78 Å². The first kappa shape index (κ1) is 13.2. The van der Waals surface area contributed by atoms with Crippen LogP contribution in [0.25, 0.3) is 0 Å². The monoisotopic (exact) mass is 267 g/mol. The van der Waals surface area contributed by atoms with E-state index in [1.165, 1.54) is 4.88 Å². The van der Waals surface area contributed by atoms with Gasteiger partial charge in [-0.15, -0.1) is 11.3 Å². The summed E-state index contributed by atoms with van der Waals surface area (Å²) in [6, 6.07) is 8.39. The molecule has 0 spiro atoms. The molecule has 0 aliphatic carbocycles. The Morgan fingerprint density at radius 3 is 2.61 bits per heavy atom. The second-order valence-electron chi connectivity index (χ2n) is 4.21. The summed E-state index contributed by atoms with van der Waals surface area (Å²) in [6.07, 6.45) is 0.444. The number of hydrogen-bond acceptors (Lipinski definition) is 2. The van der Waals surface area contributed by atoms with Crippen molar-refractivity contribution in [2.24, 2.45) is 0 Å². The molecule has 1 aromatic heterocycles. The van der Waals surface area contributed by atoms with Crippen LogP contribution >= 0.6 is 11.3 Å². The molecule has 0 aliphatic rings. The van der Waals surface area contributed by atoms with Crippen LogP contribution in [0.2, 0.25) is 0 Å². The zero-order valence-electron chi connectivity index (χ0n) is 10.3. The second kappa shape index (κ2) is 5.59. The van der Waals surface area contributed by atoms with Crippen LogP contribution in [0.15, 0.2) is 30.3 Å². The van der Waals surface area contributed by atoms with E-state index in [-0.39, 0.29) is 6.04 Å². The van der Waals surface area contributed by atoms with Crippen molar-refractivity contribution < 1.29 is 8.78 Å². The zero-order chi connectivity index (χ0) is 13.1. The lowest BCUT2D eigenvalue weighted by molar-refractivity contribution is 0.488. The minimum absolute atomic E-state index is 0.0139. The van der Waals surface area contributed by atoms with Crippen LogP contribution in [-0.4, -0.2) is 7.05 Å². The van der Waals surface area contributed by atoms with Crippen LogP contribution in [0.4, 0.5) is 8.78 Å². The number of nitrogens with one attached hydrogen (secondary N) is 1. The smallest absolute Gasteiger partial charge is 0.162 e. The third-order valence-electron chi connectivity index (χ3n) is 2.91. The van der Waals surface area contributed by atoms with Gasteiger partial charge in [0.1, 0.15) is 0 Å². The first-order chi connectivity index (χ1) is 8.61. The van der Waals surface area contributed by atoms with E-state index in [1.54, 1.807) is 23.5 Å². The summed E-state index contributed by atoms with van der Waals surface area (Å²) in [5, 5.41) is 3.15. The number of thiophene rings is 1. The maximum atomic E-state index is 13.6. The molecule has 1 unspecified atom stereocenters. The van der Waals surface area contributed by atoms with Crippen LogP contribution < -0.4 is 5.32 Å². The van der Waals surface area contributed by atoms with Crippen LogP contribution in [-0.2, 0) is 6.42 Å². The summed E-state index contributed by atoms with van der Waals surface area (Å²) in [7, 11) is 1.83. The summed E-state index contributed by atoms with van der Waals surface area (Å²) < 4.78 is 26.8. The molecule has 0 fully saturated rings. The summed E-state index contributed by atoms with van der Waals surface area (Å²) >= 11 is 1.67. The molecule has 1 heterocycles. The third-order valence-corrected chi connectivity index (χ3v) is 4.02. The largest absolute Gasteiger partial charge is 0.312 e. The lowest BCUT2D eigenvalue weighted by Gasteiger charge is -2.15. The fourth-order valence-electron chi connectivity index (χ4n) is 1.91. The SMILES string of the molecule is CNC(Cc1cccc(F)c1F)c1ccc(C)s1. The number of rotatable bonds is 4. The number of benzene rings is 1. The average molecular weight is 267 g/mol. The first-order valence-corrected chi connectivity index (χ1v) is 6.60. The van der Waals surface area contributed by atoms with Gasteiger partial charge < -0.3 is 5.32 Å². The van der Waals surface area contributed by atoms with Gasteiger partial charge in [0, 0.05) is 15.8 Å². The molecule has 1 nitrogen and oxygen atoms in total. The number of hydrogen-bond donors (Lipinski definition) is 1. The zero-order valence-corrected chi connectivity index (χ0v) is 11.2. The maximum absolute atomic E-state index is 13.6. The van der Waals surface area contributed by atoms with Crippen molar-refractivity contribution in [2.45, 2.75) is 19.4 Å². The minimum Gasteiger partial charge on any atom is -0.312 e. The molecule has 18 heavy (non-hydrogen) atoms. The van der Waals surface area contributed by atoms with Crippen molar-refractivity contribution in [3.63, 3.8) is 0 Å². The molecule has 0 radical (unpaired) electrons. The minimum atomic E-state index is -0.787. The predicted molar refractivity (Wildman–Crippen MR) is 70.9 cm³/mol. The normalized spacial score (nSPS) is 12.7. The molecule has 0 saturated heterocycles. The summed E-state index contributed by atoms with van der Waals surface area (Å²) in [4.78, 5) is 2.35. The van der Waals surface area contributed by atoms with E-state index in [2.05, 4.69) is 5.32 Å². The van der Waals surface area contributed by atoms with Crippen molar-refractivity contribution in [1.82, 2.24) is 5.32 Å². The van der Waals surface area contributed by atoms with Crippen molar-refractivity contribution >= 4 is 11.3 Å². The van der Waals surface area contributed by atoms with Gasteiger partial charge in [0.15, 0.2) is 11.6 Å². The molecule has 1 aromatic carbocycles. The van der Waals surface area contributed by atoms with E-state index in [4.69, 9.17) is 0 Å². The van der Waals surface area contributed by atoms with Crippen LogP contribution in [0, 0.1) is 18.6 Å². The molecule has 0 aliphatic heterocycles. The third kappa shape index (κ3) is 2.76. The van der Waals surface area contributed by atoms with E-state index in [0.717, 1.165) is 10.9 Å². The Bertz CT molecular complexity index is 536. The van der Waals surface area contributed by atoms with E-state index in [1.807, 2.05) is 26.1 Å². The van der Waals surface area contributed by atoms with Gasteiger partial charge in [-0.3, -0.25) is 0 Å². The Kier molecular flexibility index (Phi) is 4.09. The topological polar surface area (TPSA) is 12.0 Å². The molecule has 1 N–H and O–H groups in total. The van der Waals surface area contributed by atoms with Gasteiger partial charge >= 0.3 is 0 Å². The molecule has 4 heteroatoms. The lowest BCUT2D eigenvalue weighted by Crippen LogP contribution is -2.18. The highest BCUT2D eigenvalue weighted by Gasteiger charge is 2.16. The highest BCUT2D eigenvalue weighted by Crippen LogP contribution is 2.26. The number of likely N-dealkylation sites (N-methyl/N-ethyl adjacent to an activating group) is 1. The molecule has 96 valence electrons. The molecule has 0 bridgehead atoms. The molecule has 2 rings (SSSR count). The van der Waals surface area contributed by atoms with Crippen molar-refractivity contribution in [3.05, 3.63) is 57.3 Å². The Labute approximate surface area is 109 Å². The maximum Gasteiger partial charge on any atom is 0.162 e. The van der Waals surface area contributed by atoms with Gasteiger partial charge in [-0.05, 0) is 44.2 Å². The fourth-order valence-corrected chi connectivity index (χ4v) is 2.90. The van der Waals surface area contributed by atoms with Gasteiger partial charge in [0.05, 0.1) is 0 Å². The molecular formula is C14H15F2NS. The number of halogens is 2. The lowest BCUT2D eigenvalue weighted by atomic mass is 10.0. The van der Waals surface area contributed by atoms with E-state index in [9.17, 15) is 8.78 Å². The Balaban J connectivity index is 2.23. The molecule has 0 amide bonds. The Morgan fingerprint density at radius 1 is 1.22 bits per heavy atom. The number of aryl methyl sites for hydroxylation is 1. The summed E-state index contributed by atoms with van der Waals surface area (Å²) in [5.74, 6) is -1.53. The van der Waals surface area contributed by atoms with Gasteiger partial charge in [0.2, 0.25) is 0 Å². The quantitative estimate of drug-likeness (QED) is 0.887. The summed E-state index contributed by atoms with van der Waals surface area (Å²) in [5.41, 5.74) is 0.403. The van der Waals surface area contributed by atoms with Gasteiger partial charge in [-0.1, -0.05) is 12.1 Å². The standard InChI is InChI=1S/C14H15F2NS/c1-9-6-7-13(18-9)12(17-2)8-10-4-3-5-11(15)14(10)16/h3-7,12,17H,8H2,1-2H3. The molecule has 0 saturated carbocycles. The van der Waals surface area contributed by atoms with Crippen molar-refractivity contribution in [2.75, 3.05) is 7.05 Å². The van der Waals surface area contributed by atoms with Crippen LogP contribution in [0.3, 0.4) is 0 Å². The predicted octanol–water partition coefficient (Wildman–Crippen LogP) is 3.84. The van der Waals surface area contributed by atoms with E-state index < -0.39 is 11.6 Å². The highest BCUT2D eigenvalue weighted by molar-refractivity contribution is 7.12. The second-order valence-corrected chi connectivity index (χ2v) is 5.53. The van der Waals surface area contributed by atoms with Crippen LogP contribution in [0.1, 0.15) is 21.4 Å².